The molecule has 1 amide bonds. The molecule has 0 bridgehead atoms. The minimum absolute atomic E-state index is 0.0761. The van der Waals surface area contributed by atoms with Crippen LogP contribution in [0, 0.1) is 6.92 Å². The van der Waals surface area contributed by atoms with Crippen LogP contribution in [0.25, 0.3) is 5.95 Å². The first-order valence-corrected chi connectivity index (χ1v) is 9.20. The summed E-state index contributed by atoms with van der Waals surface area (Å²) < 4.78 is 1.55. The minimum Gasteiger partial charge on any atom is -0.369 e. The summed E-state index contributed by atoms with van der Waals surface area (Å²) in [4.78, 5) is 29.4. The van der Waals surface area contributed by atoms with Crippen molar-refractivity contribution in [3.8, 4) is 5.95 Å². The van der Waals surface area contributed by atoms with E-state index in [4.69, 9.17) is 0 Å². The maximum atomic E-state index is 12.4. The Kier molecular flexibility index (Phi) is 5.24. The molecule has 1 aliphatic rings. The second-order valence-corrected chi connectivity index (χ2v) is 6.66. The molecule has 0 aromatic carbocycles. The van der Waals surface area contributed by atoms with E-state index in [9.17, 15) is 4.79 Å². The zero-order valence-electron chi connectivity index (χ0n) is 15.7. The molecule has 0 radical (unpaired) electrons. The van der Waals surface area contributed by atoms with Crippen molar-refractivity contribution in [1.82, 2.24) is 29.6 Å². The van der Waals surface area contributed by atoms with E-state index in [-0.39, 0.29) is 5.91 Å². The van der Waals surface area contributed by atoms with Crippen LogP contribution in [0.4, 0.5) is 11.5 Å². The van der Waals surface area contributed by atoms with Crippen LogP contribution in [0.3, 0.4) is 0 Å². The molecule has 1 saturated heterocycles. The van der Waals surface area contributed by atoms with Crippen LogP contribution in [0.2, 0.25) is 0 Å². The number of aromatic nitrogens is 5. The normalized spacial score (nSPS) is 14.8. The summed E-state index contributed by atoms with van der Waals surface area (Å²) in [7, 11) is 0. The van der Waals surface area contributed by atoms with E-state index in [0.717, 1.165) is 31.9 Å². The van der Waals surface area contributed by atoms with E-state index in [1.165, 1.54) is 5.69 Å². The van der Waals surface area contributed by atoms with Gasteiger partial charge in [0.15, 0.2) is 5.82 Å². The Morgan fingerprint density at radius 2 is 1.86 bits per heavy atom. The lowest BCUT2D eigenvalue weighted by Crippen LogP contribution is -2.48. The van der Waals surface area contributed by atoms with Crippen molar-refractivity contribution in [1.29, 1.82) is 0 Å². The van der Waals surface area contributed by atoms with Gasteiger partial charge in [-0.2, -0.15) is 0 Å². The van der Waals surface area contributed by atoms with E-state index < -0.39 is 0 Å². The summed E-state index contributed by atoms with van der Waals surface area (Å²) >= 11 is 0. The second kappa shape index (κ2) is 8.13. The molecule has 1 N–H and O–H groups in total. The molecule has 9 heteroatoms. The molecule has 0 atom stereocenters. The number of aryl methyl sites for hydroxylation is 1. The van der Waals surface area contributed by atoms with Gasteiger partial charge in [0.2, 0.25) is 5.91 Å². The maximum absolute atomic E-state index is 12.4. The molecule has 3 aromatic heterocycles. The van der Waals surface area contributed by atoms with Gasteiger partial charge in [-0.25, -0.2) is 14.6 Å². The Bertz CT molecular complexity index is 934. The molecular formula is C19H22N8O. The van der Waals surface area contributed by atoms with Gasteiger partial charge in [-0.05, 0) is 25.1 Å². The molecule has 9 nitrogen and oxygen atoms in total. The monoisotopic (exact) mass is 378 g/mol. The summed E-state index contributed by atoms with van der Waals surface area (Å²) in [5, 5.41) is 7.18. The number of pyridine rings is 1. The number of rotatable bonds is 5. The number of hydrogen-bond donors (Lipinski definition) is 1. The van der Waals surface area contributed by atoms with Gasteiger partial charge in [0.25, 0.3) is 5.95 Å². The molecule has 0 unspecified atom stereocenters. The number of nitrogens with one attached hydrogen (secondary N) is 1. The molecular weight excluding hydrogens is 356 g/mol. The first kappa shape index (κ1) is 18.1. The van der Waals surface area contributed by atoms with Gasteiger partial charge < -0.3 is 10.2 Å². The van der Waals surface area contributed by atoms with E-state index in [1.807, 2.05) is 25.1 Å². The molecule has 1 fully saturated rings. The van der Waals surface area contributed by atoms with Gasteiger partial charge in [0.1, 0.15) is 0 Å². The molecule has 144 valence electrons. The maximum Gasteiger partial charge on any atom is 0.250 e. The third-order valence-corrected chi connectivity index (χ3v) is 4.61. The third kappa shape index (κ3) is 4.32. The highest BCUT2D eigenvalue weighted by atomic mass is 16.2. The summed E-state index contributed by atoms with van der Waals surface area (Å²) in [5.74, 6) is 0.894. The summed E-state index contributed by atoms with van der Waals surface area (Å²) in [5.41, 5.74) is 2.03. The number of anilines is 2. The molecule has 4 heterocycles. The zero-order chi connectivity index (χ0) is 19.3. The molecule has 0 saturated carbocycles. The van der Waals surface area contributed by atoms with Gasteiger partial charge in [0, 0.05) is 68.4 Å². The predicted octanol–water partition coefficient (Wildman–Crippen LogP) is 1.13. The van der Waals surface area contributed by atoms with E-state index >= 15 is 0 Å². The van der Waals surface area contributed by atoms with Crippen molar-refractivity contribution in [2.45, 2.75) is 6.92 Å². The smallest absolute Gasteiger partial charge is 0.250 e. The molecule has 28 heavy (non-hydrogen) atoms. The number of hydrogen-bond acceptors (Lipinski definition) is 7. The van der Waals surface area contributed by atoms with Gasteiger partial charge in [-0.15, -0.1) is 5.10 Å². The number of carbonyl (C=O) groups excluding carboxylic acids is 1. The van der Waals surface area contributed by atoms with Crippen molar-refractivity contribution < 1.29 is 4.79 Å². The Morgan fingerprint density at radius 1 is 1.07 bits per heavy atom. The van der Waals surface area contributed by atoms with Gasteiger partial charge in [0.05, 0.1) is 6.54 Å². The van der Waals surface area contributed by atoms with Crippen molar-refractivity contribution in [2.75, 3.05) is 42.9 Å². The number of amides is 1. The minimum atomic E-state index is -0.0761. The van der Waals surface area contributed by atoms with Gasteiger partial charge in [-0.3, -0.25) is 14.7 Å². The number of nitrogens with zero attached hydrogens (tertiary/aromatic N) is 7. The van der Waals surface area contributed by atoms with Crippen LogP contribution >= 0.6 is 0 Å². The van der Waals surface area contributed by atoms with Gasteiger partial charge >= 0.3 is 0 Å². The topological polar surface area (TPSA) is 92.1 Å². The second-order valence-electron chi connectivity index (χ2n) is 6.66. The highest BCUT2D eigenvalue weighted by Gasteiger charge is 2.19. The van der Waals surface area contributed by atoms with Crippen LogP contribution in [0.5, 0.6) is 0 Å². The fourth-order valence-electron chi connectivity index (χ4n) is 3.15. The highest BCUT2D eigenvalue weighted by molar-refractivity contribution is 5.91. The van der Waals surface area contributed by atoms with Crippen molar-refractivity contribution in [2.24, 2.45) is 0 Å². The van der Waals surface area contributed by atoms with Crippen LogP contribution in [-0.2, 0) is 4.79 Å². The van der Waals surface area contributed by atoms with Crippen LogP contribution in [0.15, 0.2) is 49.1 Å². The molecule has 1 aliphatic heterocycles. The summed E-state index contributed by atoms with van der Waals surface area (Å²) in [6.07, 6.45) is 7.02. The van der Waals surface area contributed by atoms with E-state index in [0.29, 0.717) is 18.3 Å². The van der Waals surface area contributed by atoms with Crippen molar-refractivity contribution in [3.05, 3.63) is 54.7 Å². The lowest BCUT2D eigenvalue weighted by molar-refractivity contribution is -0.117. The van der Waals surface area contributed by atoms with Crippen LogP contribution in [0.1, 0.15) is 5.69 Å². The Labute approximate surface area is 163 Å². The SMILES string of the molecule is Cc1ccnc(-n2ccc(NC(=O)CN3CCN(c4ccncc4)CC3)n2)n1. The quantitative estimate of drug-likeness (QED) is 0.711. The standard InChI is InChI=1S/C19H22N8O/c1-15-2-8-21-19(22-15)27-9-5-17(24-27)23-18(28)14-25-10-12-26(13-11-25)16-3-6-20-7-4-16/h2-9H,10-14H2,1H3,(H,23,24,28). The van der Waals surface area contributed by atoms with Crippen LogP contribution < -0.4 is 10.2 Å². The molecule has 0 spiro atoms. The third-order valence-electron chi connectivity index (χ3n) is 4.61. The number of piperazine rings is 1. The first-order valence-electron chi connectivity index (χ1n) is 9.20. The Hall–Kier alpha value is -3.33. The fourth-order valence-corrected chi connectivity index (χ4v) is 3.15. The largest absolute Gasteiger partial charge is 0.369 e. The Balaban J connectivity index is 1.28. The van der Waals surface area contributed by atoms with E-state index in [2.05, 4.69) is 35.2 Å². The molecule has 0 aliphatic carbocycles. The lowest BCUT2D eigenvalue weighted by atomic mass is 10.2. The van der Waals surface area contributed by atoms with E-state index in [1.54, 1.807) is 35.5 Å². The average molecular weight is 378 g/mol. The number of carbonyl (C=O) groups is 1. The first-order chi connectivity index (χ1) is 13.7. The van der Waals surface area contributed by atoms with Crippen molar-refractivity contribution in [3.63, 3.8) is 0 Å². The predicted molar refractivity (Wildman–Crippen MR) is 105 cm³/mol. The molecule has 4 rings (SSSR count). The average Bonchev–Trinajstić information content (AvgIpc) is 3.17. The lowest BCUT2D eigenvalue weighted by Gasteiger charge is -2.35. The summed E-state index contributed by atoms with van der Waals surface area (Å²) in [6.45, 7) is 5.68. The van der Waals surface area contributed by atoms with Crippen molar-refractivity contribution >= 4 is 17.4 Å². The zero-order valence-corrected chi connectivity index (χ0v) is 15.7. The molecule has 3 aromatic rings. The summed E-state index contributed by atoms with van der Waals surface area (Å²) in [6, 6.07) is 7.59. The van der Waals surface area contributed by atoms with Crippen LogP contribution in [-0.4, -0.2) is 68.3 Å². The fraction of sp³-hybridized carbons (Fsp3) is 0.316. The highest BCUT2D eigenvalue weighted by Crippen LogP contribution is 2.14. The van der Waals surface area contributed by atoms with Gasteiger partial charge in [-0.1, -0.05) is 0 Å². The Morgan fingerprint density at radius 3 is 2.61 bits per heavy atom.